The highest BCUT2D eigenvalue weighted by Crippen LogP contribution is 2.23. The van der Waals surface area contributed by atoms with Crippen LogP contribution >= 0.6 is 0 Å². The fourth-order valence-electron chi connectivity index (χ4n) is 3.18. The lowest BCUT2D eigenvalue weighted by Crippen LogP contribution is -2.48. The molecule has 2 unspecified atom stereocenters. The van der Waals surface area contributed by atoms with Crippen molar-refractivity contribution in [2.24, 2.45) is 5.92 Å². The molecule has 0 bridgehead atoms. The largest absolute Gasteiger partial charge is 0.481 e. The van der Waals surface area contributed by atoms with Crippen LogP contribution in [0.25, 0.3) is 10.9 Å². The Labute approximate surface area is 140 Å². The molecule has 126 valence electrons. The third kappa shape index (κ3) is 3.38. The maximum atomic E-state index is 12.6. The number of aliphatic carboxylic acids is 1. The summed E-state index contributed by atoms with van der Waals surface area (Å²) in [6, 6.07) is 8.99. The number of hydrogen-bond acceptors (Lipinski definition) is 4. The van der Waals surface area contributed by atoms with Crippen LogP contribution in [0.5, 0.6) is 0 Å². The second kappa shape index (κ2) is 6.97. The quantitative estimate of drug-likeness (QED) is 0.901. The first kappa shape index (κ1) is 16.4. The van der Waals surface area contributed by atoms with Gasteiger partial charge in [0.25, 0.3) is 0 Å². The van der Waals surface area contributed by atoms with E-state index in [9.17, 15) is 14.7 Å². The number of likely N-dealkylation sites (tertiary alicyclic amines) is 1. The molecule has 24 heavy (non-hydrogen) atoms. The number of carbonyl (C=O) groups excluding carboxylic acids is 1. The molecule has 6 heteroatoms. The molecule has 0 saturated carbocycles. The Morgan fingerprint density at radius 1 is 1.33 bits per heavy atom. The van der Waals surface area contributed by atoms with Crippen LogP contribution in [0.3, 0.4) is 0 Å². The van der Waals surface area contributed by atoms with Crippen molar-refractivity contribution in [1.82, 2.24) is 9.88 Å². The van der Waals surface area contributed by atoms with Crippen molar-refractivity contribution in [2.75, 3.05) is 18.4 Å². The van der Waals surface area contributed by atoms with Gasteiger partial charge in [-0.05, 0) is 50.6 Å². The van der Waals surface area contributed by atoms with Gasteiger partial charge in [-0.1, -0.05) is 6.07 Å². The van der Waals surface area contributed by atoms with E-state index in [-0.39, 0.29) is 11.9 Å². The van der Waals surface area contributed by atoms with Gasteiger partial charge >= 0.3 is 5.97 Å². The number of nitrogens with one attached hydrogen (secondary N) is 1. The monoisotopic (exact) mass is 327 g/mol. The predicted octanol–water partition coefficient (Wildman–Crippen LogP) is 2.36. The van der Waals surface area contributed by atoms with Crippen LogP contribution in [0.15, 0.2) is 36.5 Å². The number of benzene rings is 1. The number of pyridine rings is 1. The first-order chi connectivity index (χ1) is 11.6. The summed E-state index contributed by atoms with van der Waals surface area (Å²) in [5, 5.41) is 13.0. The minimum atomic E-state index is -0.785. The molecule has 3 rings (SSSR count). The van der Waals surface area contributed by atoms with E-state index in [0.29, 0.717) is 13.0 Å². The van der Waals surface area contributed by atoms with Crippen molar-refractivity contribution in [2.45, 2.75) is 25.8 Å². The van der Waals surface area contributed by atoms with Gasteiger partial charge in [-0.15, -0.1) is 0 Å². The van der Waals surface area contributed by atoms with Gasteiger partial charge in [-0.25, -0.2) is 0 Å². The highest BCUT2D eigenvalue weighted by atomic mass is 16.4. The molecule has 0 aliphatic carbocycles. The maximum absolute atomic E-state index is 12.6. The number of carboxylic acids is 1. The molecule has 1 aliphatic heterocycles. The molecule has 1 aromatic heterocycles. The summed E-state index contributed by atoms with van der Waals surface area (Å²) in [5.74, 6) is -1.31. The van der Waals surface area contributed by atoms with E-state index in [2.05, 4.69) is 10.3 Å². The van der Waals surface area contributed by atoms with E-state index in [0.717, 1.165) is 29.6 Å². The van der Waals surface area contributed by atoms with Gasteiger partial charge in [0, 0.05) is 18.1 Å². The van der Waals surface area contributed by atoms with Crippen molar-refractivity contribution >= 4 is 28.5 Å². The van der Waals surface area contributed by atoms with Crippen LogP contribution in [0.1, 0.15) is 19.8 Å². The van der Waals surface area contributed by atoms with E-state index in [1.54, 1.807) is 6.20 Å². The minimum absolute atomic E-state index is 0.127. The fourth-order valence-corrected chi connectivity index (χ4v) is 3.18. The van der Waals surface area contributed by atoms with Gasteiger partial charge in [-0.2, -0.15) is 0 Å². The van der Waals surface area contributed by atoms with Gasteiger partial charge in [-0.3, -0.25) is 19.5 Å². The van der Waals surface area contributed by atoms with Crippen LogP contribution in [0.2, 0.25) is 0 Å². The van der Waals surface area contributed by atoms with Gasteiger partial charge in [0.05, 0.1) is 23.2 Å². The summed E-state index contributed by atoms with van der Waals surface area (Å²) in [7, 11) is 0. The molecule has 6 nitrogen and oxygen atoms in total. The zero-order chi connectivity index (χ0) is 17.1. The lowest BCUT2D eigenvalue weighted by Gasteiger charge is -2.34. The maximum Gasteiger partial charge on any atom is 0.307 e. The van der Waals surface area contributed by atoms with Crippen LogP contribution < -0.4 is 5.32 Å². The van der Waals surface area contributed by atoms with E-state index < -0.39 is 11.9 Å². The lowest BCUT2D eigenvalue weighted by atomic mass is 9.97. The number of fused-ring (bicyclic) bond motifs is 1. The molecular formula is C18H21N3O3. The summed E-state index contributed by atoms with van der Waals surface area (Å²) >= 11 is 0. The molecule has 0 radical (unpaired) electrons. The molecule has 1 fully saturated rings. The number of aromatic nitrogens is 1. The Kier molecular flexibility index (Phi) is 4.76. The summed E-state index contributed by atoms with van der Waals surface area (Å²) in [6.45, 7) is 2.99. The molecule has 0 spiro atoms. The number of hydrogen-bond donors (Lipinski definition) is 2. The van der Waals surface area contributed by atoms with Crippen LogP contribution in [0, 0.1) is 5.92 Å². The smallest absolute Gasteiger partial charge is 0.307 e. The summed E-state index contributed by atoms with van der Waals surface area (Å²) in [4.78, 5) is 30.0. The average Bonchev–Trinajstić information content (AvgIpc) is 2.61. The molecule has 1 amide bonds. The van der Waals surface area contributed by atoms with Crippen molar-refractivity contribution < 1.29 is 14.7 Å². The molecule has 2 aromatic rings. The SMILES string of the molecule is CC(C(=O)Nc1cccc2ncccc12)N1CCCC(C(=O)O)C1. The van der Waals surface area contributed by atoms with Crippen LogP contribution in [0.4, 0.5) is 5.69 Å². The van der Waals surface area contributed by atoms with Crippen LogP contribution in [-0.4, -0.2) is 46.0 Å². The Morgan fingerprint density at radius 2 is 2.17 bits per heavy atom. The van der Waals surface area contributed by atoms with Crippen molar-refractivity contribution in [1.29, 1.82) is 0 Å². The molecule has 2 atom stereocenters. The van der Waals surface area contributed by atoms with Crippen molar-refractivity contribution in [3.8, 4) is 0 Å². The molecule has 1 aliphatic rings. The first-order valence-corrected chi connectivity index (χ1v) is 8.17. The van der Waals surface area contributed by atoms with E-state index in [1.807, 2.05) is 42.2 Å². The average molecular weight is 327 g/mol. The molecular weight excluding hydrogens is 306 g/mol. The zero-order valence-electron chi connectivity index (χ0n) is 13.6. The normalized spacial score (nSPS) is 19.8. The topological polar surface area (TPSA) is 82.5 Å². The van der Waals surface area contributed by atoms with E-state index in [1.165, 1.54) is 0 Å². The Balaban J connectivity index is 1.73. The Morgan fingerprint density at radius 3 is 2.96 bits per heavy atom. The van der Waals surface area contributed by atoms with Gasteiger partial charge < -0.3 is 10.4 Å². The van der Waals surface area contributed by atoms with Crippen molar-refractivity contribution in [3.63, 3.8) is 0 Å². The molecule has 1 saturated heterocycles. The number of carbonyl (C=O) groups is 2. The number of anilines is 1. The highest BCUT2D eigenvalue weighted by molar-refractivity contribution is 6.02. The number of piperidine rings is 1. The summed E-state index contributed by atoms with van der Waals surface area (Å²) < 4.78 is 0. The lowest BCUT2D eigenvalue weighted by molar-refractivity contribution is -0.144. The molecule has 2 N–H and O–H groups in total. The Hall–Kier alpha value is -2.47. The highest BCUT2D eigenvalue weighted by Gasteiger charge is 2.30. The van der Waals surface area contributed by atoms with Gasteiger partial charge in [0.1, 0.15) is 0 Å². The second-order valence-corrected chi connectivity index (χ2v) is 6.21. The fraction of sp³-hybridized carbons (Fsp3) is 0.389. The number of amides is 1. The summed E-state index contributed by atoms with van der Waals surface area (Å²) in [6.07, 6.45) is 3.19. The van der Waals surface area contributed by atoms with Gasteiger partial charge in [0.2, 0.25) is 5.91 Å². The van der Waals surface area contributed by atoms with E-state index in [4.69, 9.17) is 0 Å². The van der Waals surface area contributed by atoms with E-state index >= 15 is 0 Å². The summed E-state index contributed by atoms with van der Waals surface area (Å²) in [5.41, 5.74) is 1.55. The third-order valence-electron chi connectivity index (χ3n) is 4.63. The predicted molar refractivity (Wildman–Crippen MR) is 91.8 cm³/mol. The van der Waals surface area contributed by atoms with Gasteiger partial charge in [0.15, 0.2) is 0 Å². The second-order valence-electron chi connectivity index (χ2n) is 6.21. The standard InChI is InChI=1S/C18H21N3O3/c1-12(21-10-4-5-13(11-21)18(23)24)17(22)20-16-8-2-7-15-14(16)6-3-9-19-15/h2-3,6-9,12-13H,4-5,10-11H2,1H3,(H,20,22)(H,23,24). The first-order valence-electron chi connectivity index (χ1n) is 8.17. The molecule has 2 heterocycles. The number of rotatable bonds is 4. The minimum Gasteiger partial charge on any atom is -0.481 e. The zero-order valence-corrected chi connectivity index (χ0v) is 13.6. The molecule has 1 aromatic carbocycles. The Bertz CT molecular complexity index is 757. The van der Waals surface area contributed by atoms with Crippen molar-refractivity contribution in [3.05, 3.63) is 36.5 Å². The van der Waals surface area contributed by atoms with Crippen LogP contribution in [-0.2, 0) is 9.59 Å². The number of carboxylic acid groups (broad SMARTS) is 1. The number of nitrogens with zero attached hydrogens (tertiary/aromatic N) is 2. The third-order valence-corrected chi connectivity index (χ3v) is 4.63.